The van der Waals surface area contributed by atoms with Crippen molar-refractivity contribution in [3.05, 3.63) is 12.7 Å². The average Bonchev–Trinajstić information content (AvgIpc) is 2.70. The van der Waals surface area contributed by atoms with Crippen LogP contribution in [0.25, 0.3) is 0 Å². The average molecular weight is 196 g/mol. The van der Waals surface area contributed by atoms with Crippen LogP contribution in [0.5, 0.6) is 0 Å². The van der Waals surface area contributed by atoms with Gasteiger partial charge in [0.05, 0.1) is 19.8 Å². The van der Waals surface area contributed by atoms with Crippen LogP contribution in [0.3, 0.4) is 0 Å². The van der Waals surface area contributed by atoms with Crippen LogP contribution >= 0.6 is 0 Å². The molecule has 0 aliphatic carbocycles. The second-order valence-corrected chi connectivity index (χ2v) is 2.47. The van der Waals surface area contributed by atoms with Crippen LogP contribution in [0, 0.1) is 0 Å². The van der Waals surface area contributed by atoms with E-state index in [0.717, 1.165) is 13.2 Å². The molecule has 72 valence electrons. The second-order valence-electron chi connectivity index (χ2n) is 2.01. The molecule has 0 aromatic rings. The van der Waals surface area contributed by atoms with E-state index in [2.05, 4.69) is 6.58 Å². The summed E-state index contributed by atoms with van der Waals surface area (Å²) in [5, 5.41) is 0. The number of ether oxygens (including phenoxy) is 2. The van der Waals surface area contributed by atoms with Gasteiger partial charge in [-0.05, 0) is 0 Å². The van der Waals surface area contributed by atoms with E-state index in [-0.39, 0.29) is 0 Å². The van der Waals surface area contributed by atoms with Crippen LogP contribution in [-0.2, 0) is 20.8 Å². The van der Waals surface area contributed by atoms with Gasteiger partial charge in [0.25, 0.3) is 11.4 Å². The Hall–Kier alpha value is -0.270. The maximum absolute atomic E-state index is 8.67. The fourth-order valence-corrected chi connectivity index (χ4v) is 0.447. The van der Waals surface area contributed by atoms with Gasteiger partial charge in [-0.15, -0.1) is 6.58 Å². The van der Waals surface area contributed by atoms with E-state index in [9.17, 15) is 0 Å². The minimum absolute atomic E-state index is 0.384. The van der Waals surface area contributed by atoms with Crippen molar-refractivity contribution >= 4 is 11.4 Å². The molecule has 2 N–H and O–H groups in total. The molecule has 1 rings (SSSR count). The zero-order chi connectivity index (χ0) is 9.40. The van der Waals surface area contributed by atoms with Gasteiger partial charge in [0, 0.05) is 0 Å². The summed E-state index contributed by atoms with van der Waals surface area (Å²) < 4.78 is 32.8. The number of epoxide rings is 1. The summed E-state index contributed by atoms with van der Waals surface area (Å²) in [5.41, 5.74) is 0. The summed E-state index contributed by atoms with van der Waals surface area (Å²) in [6, 6.07) is 0. The zero-order valence-corrected chi connectivity index (χ0v) is 7.33. The van der Waals surface area contributed by atoms with E-state index in [4.69, 9.17) is 22.8 Å². The summed E-state index contributed by atoms with van der Waals surface area (Å²) >= 11 is -2.61. The lowest BCUT2D eigenvalue weighted by Crippen LogP contribution is -2.00. The van der Waals surface area contributed by atoms with Crippen molar-refractivity contribution in [2.75, 3.05) is 19.8 Å². The predicted molar refractivity (Wildman–Crippen MR) is 44.2 cm³/mol. The van der Waals surface area contributed by atoms with Crippen LogP contribution < -0.4 is 0 Å². The molecule has 0 aromatic carbocycles. The zero-order valence-electron chi connectivity index (χ0n) is 6.51. The Bertz CT molecular complexity index is 141. The smallest absolute Gasteiger partial charge is 0.299 e. The molecule has 1 unspecified atom stereocenters. The van der Waals surface area contributed by atoms with Crippen LogP contribution in [0.15, 0.2) is 12.7 Å². The quantitative estimate of drug-likeness (QED) is 0.292. The monoisotopic (exact) mass is 196 g/mol. The van der Waals surface area contributed by atoms with Crippen LogP contribution in [0.2, 0.25) is 0 Å². The first-order valence-corrected chi connectivity index (χ1v) is 4.33. The van der Waals surface area contributed by atoms with Gasteiger partial charge in [-0.1, -0.05) is 6.08 Å². The van der Waals surface area contributed by atoms with Crippen molar-refractivity contribution in [3.8, 4) is 0 Å². The number of rotatable bonds is 4. The Balaban J connectivity index is 0.000000261. The molecule has 0 spiro atoms. The Morgan fingerprint density at radius 1 is 1.75 bits per heavy atom. The molecule has 1 heterocycles. The first-order chi connectivity index (χ1) is 5.66. The highest BCUT2D eigenvalue weighted by molar-refractivity contribution is 7.73. The molecule has 0 aromatic heterocycles. The fraction of sp³-hybridized carbons (Fsp3) is 0.667. The summed E-state index contributed by atoms with van der Waals surface area (Å²) in [7, 11) is 0. The van der Waals surface area contributed by atoms with Crippen molar-refractivity contribution < 1.29 is 22.8 Å². The molecular weight excluding hydrogens is 184 g/mol. The largest absolute Gasteiger partial charge is 0.375 e. The molecule has 1 fully saturated rings. The molecule has 0 bridgehead atoms. The number of hydrogen-bond acceptors (Lipinski definition) is 3. The Morgan fingerprint density at radius 3 is 2.58 bits per heavy atom. The lowest BCUT2D eigenvalue weighted by Gasteiger charge is -1.92. The summed E-state index contributed by atoms with van der Waals surface area (Å²) in [5.74, 6) is 0. The second kappa shape index (κ2) is 7.38. The van der Waals surface area contributed by atoms with Crippen molar-refractivity contribution in [3.63, 3.8) is 0 Å². The highest BCUT2D eigenvalue weighted by Gasteiger charge is 2.21. The summed E-state index contributed by atoms with van der Waals surface area (Å²) in [4.78, 5) is 0. The van der Waals surface area contributed by atoms with Gasteiger partial charge in [-0.25, -0.2) is 0 Å². The van der Waals surface area contributed by atoms with Crippen molar-refractivity contribution in [2.45, 2.75) is 6.10 Å². The lowest BCUT2D eigenvalue weighted by molar-refractivity contribution is 0.141. The molecular formula is C6H12O5S. The SMILES string of the molecule is C=CCOCC1CO1.O=S(O)O. The van der Waals surface area contributed by atoms with E-state index >= 15 is 0 Å². The molecule has 1 atom stereocenters. The molecule has 6 heteroatoms. The normalized spacial score (nSPS) is 19.8. The van der Waals surface area contributed by atoms with Crippen molar-refractivity contribution in [1.82, 2.24) is 0 Å². The molecule has 1 aliphatic rings. The van der Waals surface area contributed by atoms with E-state index in [1.54, 1.807) is 6.08 Å². The maximum atomic E-state index is 8.67. The van der Waals surface area contributed by atoms with Gasteiger partial charge in [-0.3, -0.25) is 9.11 Å². The molecule has 1 saturated heterocycles. The van der Waals surface area contributed by atoms with Crippen LogP contribution in [-0.4, -0.2) is 39.2 Å². The molecule has 0 saturated carbocycles. The highest BCUT2D eigenvalue weighted by atomic mass is 32.2. The third-order valence-corrected chi connectivity index (χ3v) is 0.942. The molecule has 1 aliphatic heterocycles. The summed E-state index contributed by atoms with van der Waals surface area (Å²) in [6.07, 6.45) is 2.12. The fourth-order valence-electron chi connectivity index (χ4n) is 0.447. The van der Waals surface area contributed by atoms with Gasteiger partial charge in [0.2, 0.25) is 0 Å². The molecule has 0 radical (unpaired) electrons. The highest BCUT2D eigenvalue weighted by Crippen LogP contribution is 2.07. The third kappa shape index (κ3) is 12.4. The van der Waals surface area contributed by atoms with Crippen LogP contribution in [0.4, 0.5) is 0 Å². The van der Waals surface area contributed by atoms with Crippen LogP contribution in [0.1, 0.15) is 0 Å². The Kier molecular flexibility index (Phi) is 7.22. The maximum Gasteiger partial charge on any atom is 0.299 e. The minimum Gasteiger partial charge on any atom is -0.375 e. The topological polar surface area (TPSA) is 79.3 Å². The van der Waals surface area contributed by atoms with E-state index in [1.807, 2.05) is 0 Å². The summed E-state index contributed by atoms with van der Waals surface area (Å²) in [6.45, 7) is 5.75. The van der Waals surface area contributed by atoms with E-state index < -0.39 is 11.4 Å². The lowest BCUT2D eigenvalue weighted by atomic mass is 10.5. The molecule has 12 heavy (non-hydrogen) atoms. The van der Waals surface area contributed by atoms with Gasteiger partial charge >= 0.3 is 0 Å². The number of hydrogen-bond donors (Lipinski definition) is 2. The van der Waals surface area contributed by atoms with Crippen molar-refractivity contribution in [1.29, 1.82) is 0 Å². The standard InChI is InChI=1S/C6H10O2.H2O3S/c1-2-3-7-4-6-5-8-6;1-4(2)3/h2,6H,1,3-5H2;(H2,1,2,3). The first kappa shape index (κ1) is 11.7. The first-order valence-electron chi connectivity index (χ1n) is 3.27. The molecule has 0 amide bonds. The van der Waals surface area contributed by atoms with E-state index in [1.165, 1.54) is 0 Å². The van der Waals surface area contributed by atoms with Gasteiger partial charge < -0.3 is 9.47 Å². The predicted octanol–water partition coefficient (Wildman–Crippen LogP) is 0.269. The van der Waals surface area contributed by atoms with Crippen molar-refractivity contribution in [2.24, 2.45) is 0 Å². The van der Waals surface area contributed by atoms with E-state index in [0.29, 0.717) is 12.7 Å². The van der Waals surface area contributed by atoms with Gasteiger partial charge in [0.15, 0.2) is 0 Å². The third-order valence-electron chi connectivity index (χ3n) is 0.942. The minimum atomic E-state index is -2.61. The van der Waals surface area contributed by atoms with Gasteiger partial charge in [0.1, 0.15) is 6.10 Å². The Labute approximate surface area is 73.5 Å². The van der Waals surface area contributed by atoms with Gasteiger partial charge in [-0.2, -0.15) is 4.21 Å². The molecule has 5 nitrogen and oxygen atoms in total. The Morgan fingerprint density at radius 2 is 2.25 bits per heavy atom.